The molecule has 8 nitrogen and oxygen atoms in total. The lowest BCUT2D eigenvalue weighted by Gasteiger charge is -2.32. The number of nitro groups is 1. The lowest BCUT2D eigenvalue weighted by molar-refractivity contribution is -0.384. The predicted molar refractivity (Wildman–Crippen MR) is 124 cm³/mol. The maximum atomic E-state index is 11.3. The Kier molecular flexibility index (Phi) is 4.98. The molecule has 0 spiro atoms. The smallest absolute Gasteiger partial charge is 0.271 e. The van der Waals surface area contributed by atoms with Gasteiger partial charge in [0.1, 0.15) is 5.82 Å². The summed E-state index contributed by atoms with van der Waals surface area (Å²) in [6.45, 7) is 4.63. The molecule has 4 aromatic rings. The average molecular weight is 469 g/mol. The van der Waals surface area contributed by atoms with Gasteiger partial charge in [0, 0.05) is 30.5 Å². The van der Waals surface area contributed by atoms with Crippen molar-refractivity contribution in [2.45, 2.75) is 32.4 Å². The van der Waals surface area contributed by atoms with E-state index in [1.165, 1.54) is 12.1 Å². The number of aryl methyl sites for hydroxylation is 1. The number of nitro benzene ring substituents is 1. The van der Waals surface area contributed by atoms with Crippen LogP contribution in [0, 0.1) is 10.1 Å². The summed E-state index contributed by atoms with van der Waals surface area (Å²) in [5, 5.41) is 16.7. The van der Waals surface area contributed by atoms with Crippen LogP contribution in [0.15, 0.2) is 53.7 Å². The minimum Gasteiger partial charge on any atom is -0.328 e. The Hall–Kier alpha value is -3.23. The average Bonchev–Trinajstić information content (AvgIpc) is 3.37. The van der Waals surface area contributed by atoms with E-state index in [4.69, 9.17) is 33.2 Å². The van der Waals surface area contributed by atoms with Crippen LogP contribution in [-0.2, 0) is 6.54 Å². The van der Waals surface area contributed by atoms with Crippen molar-refractivity contribution in [1.29, 1.82) is 0 Å². The van der Waals surface area contributed by atoms with Crippen LogP contribution in [0.3, 0.4) is 0 Å². The first-order valence-corrected chi connectivity index (χ1v) is 10.8. The molecule has 0 saturated heterocycles. The molecule has 0 saturated carbocycles. The first kappa shape index (κ1) is 20.7. The van der Waals surface area contributed by atoms with E-state index in [0.29, 0.717) is 22.1 Å². The van der Waals surface area contributed by atoms with Gasteiger partial charge in [0.25, 0.3) is 5.69 Å². The fourth-order valence-corrected chi connectivity index (χ4v) is 4.71. The molecule has 3 heterocycles. The van der Waals surface area contributed by atoms with E-state index in [2.05, 4.69) is 9.67 Å². The largest absolute Gasteiger partial charge is 0.328 e. The first-order valence-electron chi connectivity index (χ1n) is 10.1. The van der Waals surface area contributed by atoms with Crippen LogP contribution in [0.2, 0.25) is 10.0 Å². The third kappa shape index (κ3) is 3.18. The third-order valence-electron chi connectivity index (χ3n) is 5.82. The number of nitrogens with zero attached hydrogens (tertiary/aromatic N) is 6. The maximum Gasteiger partial charge on any atom is 0.271 e. The molecule has 2 aromatic heterocycles. The highest BCUT2D eigenvalue weighted by Gasteiger charge is 2.37. The van der Waals surface area contributed by atoms with Crippen molar-refractivity contribution in [3.63, 3.8) is 0 Å². The zero-order valence-electron chi connectivity index (χ0n) is 17.2. The molecule has 2 atom stereocenters. The number of aromatic nitrogens is 4. The predicted octanol–water partition coefficient (Wildman–Crippen LogP) is 5.95. The number of aliphatic imine (C=N–C) groups is 1. The van der Waals surface area contributed by atoms with E-state index in [1.54, 1.807) is 18.3 Å². The van der Waals surface area contributed by atoms with Gasteiger partial charge in [-0.2, -0.15) is 5.10 Å². The Morgan fingerprint density at radius 1 is 1.12 bits per heavy atom. The molecule has 0 radical (unpaired) electrons. The Labute approximate surface area is 193 Å². The second-order valence-electron chi connectivity index (χ2n) is 7.63. The number of non-ortho nitro benzene ring substituents is 1. The summed E-state index contributed by atoms with van der Waals surface area (Å²) < 4.78 is 3.93. The Balaban J connectivity index is 1.75. The lowest BCUT2D eigenvalue weighted by atomic mass is 9.87. The minimum atomic E-state index is -0.411. The highest BCUT2D eigenvalue weighted by Crippen LogP contribution is 2.43. The van der Waals surface area contributed by atoms with E-state index in [9.17, 15) is 10.1 Å². The number of imidazole rings is 1. The van der Waals surface area contributed by atoms with E-state index >= 15 is 0 Å². The molecule has 2 aromatic carbocycles. The summed E-state index contributed by atoms with van der Waals surface area (Å²) in [4.78, 5) is 20.5. The molecule has 162 valence electrons. The SMILES string of the molecule is CCn1c(C2C(C)=Nc3ccnn3C2c2ccc(Cl)c(Cl)c2)nc2cc([N+](=O)[O-])ccc21. The van der Waals surface area contributed by atoms with Gasteiger partial charge in [0.2, 0.25) is 0 Å². The number of fused-ring (bicyclic) bond motifs is 2. The second-order valence-corrected chi connectivity index (χ2v) is 8.44. The molecule has 10 heteroatoms. The van der Waals surface area contributed by atoms with Gasteiger partial charge in [-0.15, -0.1) is 0 Å². The van der Waals surface area contributed by atoms with Gasteiger partial charge < -0.3 is 4.57 Å². The van der Waals surface area contributed by atoms with Crippen LogP contribution < -0.4 is 0 Å². The van der Waals surface area contributed by atoms with Gasteiger partial charge in [-0.25, -0.2) is 14.7 Å². The molecule has 2 unspecified atom stereocenters. The molecule has 0 fully saturated rings. The monoisotopic (exact) mass is 468 g/mol. The topological polar surface area (TPSA) is 91.1 Å². The fourth-order valence-electron chi connectivity index (χ4n) is 4.41. The van der Waals surface area contributed by atoms with Crippen molar-refractivity contribution in [2.24, 2.45) is 4.99 Å². The van der Waals surface area contributed by atoms with Crippen molar-refractivity contribution in [3.05, 3.63) is 80.2 Å². The third-order valence-corrected chi connectivity index (χ3v) is 6.56. The molecule has 5 rings (SSSR count). The Morgan fingerprint density at radius 3 is 2.66 bits per heavy atom. The summed E-state index contributed by atoms with van der Waals surface area (Å²) >= 11 is 12.5. The highest BCUT2D eigenvalue weighted by molar-refractivity contribution is 6.42. The van der Waals surface area contributed by atoms with Crippen LogP contribution in [0.5, 0.6) is 0 Å². The second kappa shape index (κ2) is 7.72. The quantitative estimate of drug-likeness (QED) is 0.273. The summed E-state index contributed by atoms with van der Waals surface area (Å²) in [6, 6.07) is 11.9. The zero-order chi connectivity index (χ0) is 22.6. The number of halogens is 2. The van der Waals surface area contributed by atoms with E-state index in [0.717, 1.165) is 28.4 Å². The molecule has 0 bridgehead atoms. The first-order chi connectivity index (χ1) is 15.4. The fraction of sp³-hybridized carbons (Fsp3) is 0.227. The molecule has 32 heavy (non-hydrogen) atoms. The van der Waals surface area contributed by atoms with Crippen LogP contribution in [0.1, 0.15) is 37.2 Å². The molecular formula is C22H18Cl2N6O2. The van der Waals surface area contributed by atoms with Crippen LogP contribution >= 0.6 is 23.2 Å². The maximum absolute atomic E-state index is 11.3. The van der Waals surface area contributed by atoms with E-state index in [-0.39, 0.29) is 17.6 Å². The highest BCUT2D eigenvalue weighted by atomic mass is 35.5. The molecule has 1 aliphatic rings. The summed E-state index contributed by atoms with van der Waals surface area (Å²) in [5.74, 6) is 1.25. The van der Waals surface area contributed by atoms with Crippen molar-refractivity contribution in [2.75, 3.05) is 0 Å². The molecule has 1 aliphatic heterocycles. The number of hydrogen-bond donors (Lipinski definition) is 0. The van der Waals surface area contributed by atoms with Gasteiger partial charge in [0.15, 0.2) is 5.82 Å². The van der Waals surface area contributed by atoms with Gasteiger partial charge in [-0.3, -0.25) is 10.1 Å². The summed E-state index contributed by atoms with van der Waals surface area (Å²) in [5.41, 5.74) is 3.20. The van der Waals surface area contributed by atoms with Gasteiger partial charge in [0.05, 0.1) is 44.2 Å². The lowest BCUT2D eigenvalue weighted by Crippen LogP contribution is -2.30. The summed E-state index contributed by atoms with van der Waals surface area (Å²) in [7, 11) is 0. The standard InChI is InChI=1S/C22H18Cl2N6O2/c1-3-28-18-7-5-14(30(31)32)11-17(18)27-22(28)20-12(2)26-19-8-9-25-29(19)21(20)13-4-6-15(23)16(24)10-13/h4-11,20-21H,3H2,1-2H3. The molecular weight excluding hydrogens is 451 g/mol. The van der Waals surface area contributed by atoms with Crippen LogP contribution in [-0.4, -0.2) is 30.0 Å². The zero-order valence-corrected chi connectivity index (χ0v) is 18.7. The number of benzene rings is 2. The summed E-state index contributed by atoms with van der Waals surface area (Å²) in [6.07, 6.45) is 1.71. The van der Waals surface area contributed by atoms with Crippen molar-refractivity contribution in [1.82, 2.24) is 19.3 Å². The minimum absolute atomic E-state index is 0.00855. The van der Waals surface area contributed by atoms with Gasteiger partial charge in [-0.05, 0) is 37.6 Å². The number of rotatable bonds is 4. The van der Waals surface area contributed by atoms with Crippen LogP contribution in [0.4, 0.5) is 11.5 Å². The van der Waals surface area contributed by atoms with E-state index < -0.39 is 4.92 Å². The van der Waals surface area contributed by atoms with Crippen molar-refractivity contribution in [3.8, 4) is 0 Å². The normalized spacial score (nSPS) is 17.9. The van der Waals surface area contributed by atoms with E-state index in [1.807, 2.05) is 36.7 Å². The van der Waals surface area contributed by atoms with Crippen molar-refractivity contribution < 1.29 is 4.92 Å². The molecule has 0 aliphatic carbocycles. The molecule has 0 N–H and O–H groups in total. The molecule has 0 amide bonds. The van der Waals surface area contributed by atoms with Crippen molar-refractivity contribution >= 4 is 51.5 Å². The van der Waals surface area contributed by atoms with Gasteiger partial charge in [-0.1, -0.05) is 29.3 Å². The number of hydrogen-bond acceptors (Lipinski definition) is 5. The Bertz CT molecular complexity index is 1410. The Morgan fingerprint density at radius 2 is 1.94 bits per heavy atom. The van der Waals surface area contributed by atoms with Gasteiger partial charge >= 0.3 is 0 Å². The van der Waals surface area contributed by atoms with Crippen LogP contribution in [0.25, 0.3) is 11.0 Å².